The van der Waals surface area contributed by atoms with Crippen LogP contribution in [0.2, 0.25) is 0 Å². The van der Waals surface area contributed by atoms with E-state index in [0.29, 0.717) is 18.3 Å². The molecule has 1 saturated carbocycles. The van der Waals surface area contributed by atoms with E-state index in [4.69, 9.17) is 5.11 Å². The number of nitrogens with one attached hydrogen (secondary N) is 1. The van der Waals surface area contributed by atoms with Gasteiger partial charge in [-0.25, -0.2) is 4.39 Å². The Hall–Kier alpha value is -1.47. The summed E-state index contributed by atoms with van der Waals surface area (Å²) in [5.74, 6) is -0.793. The number of halogens is 3. The van der Waals surface area contributed by atoms with Crippen molar-refractivity contribution in [2.24, 2.45) is 0 Å². The van der Waals surface area contributed by atoms with Gasteiger partial charge < -0.3 is 20.1 Å². The predicted molar refractivity (Wildman–Crippen MR) is 94.4 cm³/mol. The molecule has 0 aromatic heterocycles. The van der Waals surface area contributed by atoms with Gasteiger partial charge in [-0.3, -0.25) is 0 Å². The highest BCUT2D eigenvalue weighted by Crippen LogP contribution is 2.38. The van der Waals surface area contributed by atoms with E-state index in [1.165, 1.54) is 19.1 Å². The standard InChI is InChI=1S/C19H27F3N2O2/c1-12-16(26-19(21,22)11-25)9-8-15(17(12)20)24-10-18(2,3)23-13-6-4-5-7-14(13)24/h8-9,13-14,23,25H,4-7,10-11H2,1-3H3/t13-,14+/m0/s1. The van der Waals surface area contributed by atoms with Gasteiger partial charge in [-0.05, 0) is 45.7 Å². The second-order valence-corrected chi connectivity index (χ2v) is 8.03. The molecule has 1 heterocycles. The Balaban J connectivity index is 1.93. The Kier molecular flexibility index (Phi) is 5.14. The Morgan fingerprint density at radius 3 is 2.69 bits per heavy atom. The summed E-state index contributed by atoms with van der Waals surface area (Å²) in [6.07, 6.45) is 0.555. The fraction of sp³-hybridized carbons (Fsp3) is 0.684. The minimum absolute atomic E-state index is 0.0272. The number of aliphatic hydroxyl groups is 1. The molecule has 2 N–H and O–H groups in total. The summed E-state index contributed by atoms with van der Waals surface area (Å²) in [5.41, 5.74) is 0.283. The number of alkyl halides is 2. The first-order valence-electron chi connectivity index (χ1n) is 9.15. The third kappa shape index (κ3) is 3.78. The maximum atomic E-state index is 15.1. The largest absolute Gasteiger partial charge is 0.430 e. The number of piperazine rings is 1. The van der Waals surface area contributed by atoms with E-state index in [0.717, 1.165) is 25.7 Å². The van der Waals surface area contributed by atoms with E-state index >= 15 is 4.39 Å². The average molecular weight is 372 g/mol. The van der Waals surface area contributed by atoms with Crippen molar-refractivity contribution in [3.63, 3.8) is 0 Å². The maximum absolute atomic E-state index is 15.1. The van der Waals surface area contributed by atoms with E-state index in [-0.39, 0.29) is 22.9 Å². The number of benzene rings is 1. The highest BCUT2D eigenvalue weighted by atomic mass is 19.3. The van der Waals surface area contributed by atoms with Gasteiger partial charge in [-0.15, -0.1) is 0 Å². The Morgan fingerprint density at radius 1 is 1.31 bits per heavy atom. The summed E-state index contributed by atoms with van der Waals surface area (Å²) < 4.78 is 46.2. The molecule has 1 aromatic carbocycles. The lowest BCUT2D eigenvalue weighted by Crippen LogP contribution is -2.67. The van der Waals surface area contributed by atoms with Crippen LogP contribution in [0.1, 0.15) is 45.1 Å². The highest BCUT2D eigenvalue weighted by Gasteiger charge is 2.41. The molecular formula is C19H27F3N2O2. The number of ether oxygens (including phenoxy) is 1. The summed E-state index contributed by atoms with van der Waals surface area (Å²) in [6, 6.07) is 3.36. The van der Waals surface area contributed by atoms with Crippen LogP contribution in [0, 0.1) is 12.7 Å². The van der Waals surface area contributed by atoms with Crippen LogP contribution in [0.5, 0.6) is 5.75 Å². The minimum Gasteiger partial charge on any atom is -0.430 e. The summed E-state index contributed by atoms with van der Waals surface area (Å²) in [5, 5.41) is 12.3. The molecule has 1 saturated heterocycles. The van der Waals surface area contributed by atoms with Crippen molar-refractivity contribution in [1.82, 2.24) is 5.32 Å². The minimum atomic E-state index is -3.73. The molecule has 0 unspecified atom stereocenters. The second-order valence-electron chi connectivity index (χ2n) is 8.03. The number of fused-ring (bicyclic) bond motifs is 1. The molecule has 2 fully saturated rings. The highest BCUT2D eigenvalue weighted by molar-refractivity contribution is 5.56. The van der Waals surface area contributed by atoms with Crippen LogP contribution in [0.15, 0.2) is 12.1 Å². The molecule has 146 valence electrons. The third-order valence-corrected chi connectivity index (χ3v) is 5.34. The molecule has 1 aliphatic heterocycles. The fourth-order valence-corrected chi connectivity index (χ4v) is 4.19. The van der Waals surface area contributed by atoms with Crippen LogP contribution in [-0.2, 0) is 0 Å². The van der Waals surface area contributed by atoms with Gasteiger partial charge in [-0.2, -0.15) is 8.78 Å². The van der Waals surface area contributed by atoms with Crippen LogP contribution in [0.4, 0.5) is 18.9 Å². The normalized spacial score (nSPS) is 25.7. The Labute approximate surface area is 152 Å². The van der Waals surface area contributed by atoms with Crippen molar-refractivity contribution >= 4 is 5.69 Å². The number of hydrogen-bond donors (Lipinski definition) is 2. The average Bonchev–Trinajstić information content (AvgIpc) is 2.57. The van der Waals surface area contributed by atoms with Crippen LogP contribution in [-0.4, -0.2) is 42.0 Å². The number of nitrogens with zero attached hydrogens (tertiary/aromatic N) is 1. The molecule has 0 radical (unpaired) electrons. The van der Waals surface area contributed by atoms with Gasteiger partial charge >= 0.3 is 6.11 Å². The zero-order chi connectivity index (χ0) is 19.1. The maximum Gasteiger partial charge on any atom is 0.421 e. The van der Waals surface area contributed by atoms with E-state index in [2.05, 4.69) is 28.8 Å². The lowest BCUT2D eigenvalue weighted by Gasteiger charge is -2.52. The zero-order valence-corrected chi connectivity index (χ0v) is 15.5. The lowest BCUT2D eigenvalue weighted by atomic mass is 9.83. The van der Waals surface area contributed by atoms with Crippen LogP contribution in [0.3, 0.4) is 0 Å². The van der Waals surface area contributed by atoms with Crippen molar-refractivity contribution in [3.8, 4) is 5.75 Å². The van der Waals surface area contributed by atoms with Crippen LogP contribution >= 0.6 is 0 Å². The van der Waals surface area contributed by atoms with Gasteiger partial charge in [-0.1, -0.05) is 12.8 Å². The third-order valence-electron chi connectivity index (χ3n) is 5.34. The number of aliphatic hydroxyl groups excluding tert-OH is 1. The molecule has 1 aliphatic carbocycles. The first kappa shape index (κ1) is 19.3. The van der Waals surface area contributed by atoms with Crippen molar-refractivity contribution < 1.29 is 23.0 Å². The summed E-state index contributed by atoms with van der Waals surface area (Å²) in [6.45, 7) is 4.79. The number of rotatable bonds is 4. The van der Waals surface area contributed by atoms with E-state index in [1.807, 2.05) is 0 Å². The topological polar surface area (TPSA) is 44.7 Å². The first-order valence-corrected chi connectivity index (χ1v) is 9.15. The molecular weight excluding hydrogens is 345 g/mol. The molecule has 3 rings (SSSR count). The smallest absolute Gasteiger partial charge is 0.421 e. The van der Waals surface area contributed by atoms with Crippen molar-refractivity contribution in [1.29, 1.82) is 0 Å². The SMILES string of the molecule is Cc1c(OC(F)(F)CO)ccc(N2CC(C)(C)N[C@H]3CCCC[C@H]32)c1F. The quantitative estimate of drug-likeness (QED) is 0.848. The van der Waals surface area contributed by atoms with Gasteiger partial charge in [0.25, 0.3) is 0 Å². The predicted octanol–water partition coefficient (Wildman–Crippen LogP) is 3.60. The van der Waals surface area contributed by atoms with Crippen molar-refractivity contribution in [3.05, 3.63) is 23.5 Å². The summed E-state index contributed by atoms with van der Waals surface area (Å²) in [4.78, 5) is 2.08. The molecule has 7 heteroatoms. The number of anilines is 1. The lowest BCUT2D eigenvalue weighted by molar-refractivity contribution is -0.201. The molecule has 0 spiro atoms. The zero-order valence-electron chi connectivity index (χ0n) is 15.5. The fourth-order valence-electron chi connectivity index (χ4n) is 4.19. The van der Waals surface area contributed by atoms with Gasteiger partial charge in [0.2, 0.25) is 0 Å². The first-order chi connectivity index (χ1) is 12.1. The van der Waals surface area contributed by atoms with Crippen molar-refractivity contribution in [2.45, 2.75) is 70.2 Å². The summed E-state index contributed by atoms with van der Waals surface area (Å²) >= 11 is 0. The Bertz CT molecular complexity index is 666. The number of hydrogen-bond acceptors (Lipinski definition) is 4. The van der Waals surface area contributed by atoms with Gasteiger partial charge in [0.05, 0.1) is 5.69 Å². The summed E-state index contributed by atoms with van der Waals surface area (Å²) in [7, 11) is 0. The van der Waals surface area contributed by atoms with E-state index in [9.17, 15) is 8.78 Å². The monoisotopic (exact) mass is 372 g/mol. The van der Waals surface area contributed by atoms with Crippen LogP contribution in [0.25, 0.3) is 0 Å². The molecule has 26 heavy (non-hydrogen) atoms. The molecule has 4 nitrogen and oxygen atoms in total. The Morgan fingerprint density at radius 2 is 2.00 bits per heavy atom. The molecule has 2 aliphatic rings. The van der Waals surface area contributed by atoms with E-state index < -0.39 is 18.5 Å². The van der Waals surface area contributed by atoms with Crippen molar-refractivity contribution in [2.75, 3.05) is 18.1 Å². The van der Waals surface area contributed by atoms with E-state index in [1.54, 1.807) is 0 Å². The van der Waals surface area contributed by atoms with Gasteiger partial charge in [0, 0.05) is 29.7 Å². The molecule has 0 bridgehead atoms. The second kappa shape index (κ2) is 6.93. The van der Waals surface area contributed by atoms with Gasteiger partial charge in [0.15, 0.2) is 5.82 Å². The molecule has 0 amide bonds. The van der Waals surface area contributed by atoms with Crippen LogP contribution < -0.4 is 15.0 Å². The molecule has 1 aromatic rings. The molecule has 2 atom stereocenters. The van der Waals surface area contributed by atoms with Gasteiger partial charge in [0.1, 0.15) is 12.4 Å².